The Hall–Kier alpha value is -2.18. The van der Waals surface area contributed by atoms with E-state index in [1.54, 1.807) is 6.07 Å². The van der Waals surface area contributed by atoms with Gasteiger partial charge in [0.1, 0.15) is 6.61 Å². The number of nitrogens with zero attached hydrogens (tertiary/aromatic N) is 2. The van der Waals surface area contributed by atoms with Crippen molar-refractivity contribution in [2.45, 2.75) is 25.7 Å². The van der Waals surface area contributed by atoms with Gasteiger partial charge in [-0.3, -0.25) is 10.1 Å². The number of hydrogen-bond acceptors (Lipinski definition) is 5. The van der Waals surface area contributed by atoms with Crippen LogP contribution in [-0.4, -0.2) is 35.3 Å². The van der Waals surface area contributed by atoms with E-state index in [1.165, 1.54) is 6.92 Å². The zero-order valence-electron chi connectivity index (χ0n) is 10.7. The first-order valence-electron chi connectivity index (χ1n) is 6.17. The number of rotatable bonds is 5. The highest BCUT2D eigenvalue weighted by Gasteiger charge is 2.25. The highest BCUT2D eigenvalue weighted by atomic mass is 16.5. The second-order valence-electron chi connectivity index (χ2n) is 4.34. The summed E-state index contributed by atoms with van der Waals surface area (Å²) in [6.07, 6.45) is 2.33. The van der Waals surface area contributed by atoms with Gasteiger partial charge in [0.05, 0.1) is 12.2 Å². The fourth-order valence-electron chi connectivity index (χ4n) is 1.53. The van der Waals surface area contributed by atoms with Crippen LogP contribution in [0, 0.1) is 0 Å². The maximum absolute atomic E-state index is 11.5. The number of aromatic nitrogens is 2. The number of carbonyl (C=O) groups excluding carboxylic acids is 2. The van der Waals surface area contributed by atoms with Gasteiger partial charge in [0, 0.05) is 12.8 Å². The van der Waals surface area contributed by atoms with E-state index in [0.29, 0.717) is 11.7 Å². The van der Waals surface area contributed by atoms with Gasteiger partial charge < -0.3 is 10.1 Å². The van der Waals surface area contributed by atoms with Crippen molar-refractivity contribution in [2.24, 2.45) is 0 Å². The second kappa shape index (κ2) is 6.12. The van der Waals surface area contributed by atoms with Gasteiger partial charge in [0.25, 0.3) is 0 Å². The fraction of sp³-hybridized carbons (Fsp3) is 0.500. The van der Waals surface area contributed by atoms with Crippen molar-refractivity contribution in [3.05, 3.63) is 17.8 Å². The summed E-state index contributed by atoms with van der Waals surface area (Å²) in [6, 6.07) is 3.20. The Morgan fingerprint density at radius 3 is 2.74 bits per heavy atom. The van der Waals surface area contributed by atoms with Crippen molar-refractivity contribution in [3.8, 4) is 0 Å². The Balaban J connectivity index is 1.70. The van der Waals surface area contributed by atoms with Crippen LogP contribution in [0.1, 0.15) is 31.4 Å². The Labute approximate surface area is 110 Å². The minimum absolute atomic E-state index is 0.148. The average Bonchev–Trinajstić information content (AvgIpc) is 3.20. The molecule has 7 nitrogen and oxygen atoms in total. The summed E-state index contributed by atoms with van der Waals surface area (Å²) in [6.45, 7) is 1.71. The topological polar surface area (TPSA) is 93.2 Å². The summed E-state index contributed by atoms with van der Waals surface area (Å²) >= 11 is 0. The van der Waals surface area contributed by atoms with Gasteiger partial charge in [-0.2, -0.15) is 5.10 Å². The zero-order chi connectivity index (χ0) is 13.7. The standard InChI is InChI=1S/C12H16N4O3/c1-8(17)19-7-6-13-12(18)14-11-5-4-10(15-16-11)9-2-3-9/h4-5,9H,2-3,6-7H2,1H3,(H2,13,14,16,18). The number of carbonyl (C=O) groups is 2. The molecule has 2 amide bonds. The lowest BCUT2D eigenvalue weighted by atomic mass is 10.3. The Kier molecular flexibility index (Phi) is 4.27. The molecule has 1 aromatic rings. The van der Waals surface area contributed by atoms with E-state index < -0.39 is 6.03 Å². The number of amides is 2. The molecule has 0 bridgehead atoms. The predicted octanol–water partition coefficient (Wildman–Crippen LogP) is 1.04. The van der Waals surface area contributed by atoms with E-state index in [0.717, 1.165) is 18.5 Å². The molecule has 0 unspecified atom stereocenters. The minimum atomic E-state index is -0.402. The van der Waals surface area contributed by atoms with Crippen molar-refractivity contribution in [1.82, 2.24) is 15.5 Å². The zero-order valence-corrected chi connectivity index (χ0v) is 10.7. The molecule has 0 saturated heterocycles. The molecular weight excluding hydrogens is 248 g/mol. The molecule has 1 aromatic heterocycles. The quantitative estimate of drug-likeness (QED) is 0.612. The Bertz CT molecular complexity index is 457. The number of nitrogens with one attached hydrogen (secondary N) is 2. The van der Waals surface area contributed by atoms with Crippen LogP contribution in [0.15, 0.2) is 12.1 Å². The summed E-state index contributed by atoms with van der Waals surface area (Å²) in [7, 11) is 0. The summed E-state index contributed by atoms with van der Waals surface area (Å²) in [5.41, 5.74) is 0.973. The van der Waals surface area contributed by atoms with Crippen LogP contribution in [0.4, 0.5) is 10.6 Å². The molecule has 1 heterocycles. The molecule has 19 heavy (non-hydrogen) atoms. The van der Waals surface area contributed by atoms with Crippen LogP contribution in [0.5, 0.6) is 0 Å². The lowest BCUT2D eigenvalue weighted by Crippen LogP contribution is -2.32. The molecule has 2 rings (SSSR count). The molecule has 1 saturated carbocycles. The third-order valence-electron chi connectivity index (χ3n) is 2.62. The third-order valence-corrected chi connectivity index (χ3v) is 2.62. The van der Waals surface area contributed by atoms with Crippen molar-refractivity contribution in [1.29, 1.82) is 0 Å². The first kappa shape index (κ1) is 13.3. The van der Waals surface area contributed by atoms with E-state index >= 15 is 0 Å². The lowest BCUT2D eigenvalue weighted by Gasteiger charge is -2.06. The van der Waals surface area contributed by atoms with Gasteiger partial charge in [0.2, 0.25) is 0 Å². The fourth-order valence-corrected chi connectivity index (χ4v) is 1.53. The Morgan fingerprint density at radius 2 is 2.16 bits per heavy atom. The molecule has 102 valence electrons. The molecule has 0 spiro atoms. The van der Waals surface area contributed by atoms with Crippen LogP contribution < -0.4 is 10.6 Å². The summed E-state index contributed by atoms with van der Waals surface area (Å²) in [5, 5.41) is 13.1. The molecule has 1 aliphatic carbocycles. The third kappa shape index (κ3) is 4.53. The van der Waals surface area contributed by atoms with Crippen LogP contribution in [0.3, 0.4) is 0 Å². The number of hydrogen-bond donors (Lipinski definition) is 2. The van der Waals surface area contributed by atoms with E-state index in [9.17, 15) is 9.59 Å². The van der Waals surface area contributed by atoms with Crippen molar-refractivity contribution in [2.75, 3.05) is 18.5 Å². The number of anilines is 1. The predicted molar refractivity (Wildman–Crippen MR) is 67.7 cm³/mol. The van der Waals surface area contributed by atoms with Gasteiger partial charge in [-0.1, -0.05) is 0 Å². The summed E-state index contributed by atoms with van der Waals surface area (Å²) in [4.78, 5) is 22.0. The number of esters is 1. The normalized spacial score (nSPS) is 13.7. The molecule has 0 radical (unpaired) electrons. The van der Waals surface area contributed by atoms with Gasteiger partial charge in [-0.15, -0.1) is 5.10 Å². The van der Waals surface area contributed by atoms with Crippen LogP contribution in [0.2, 0.25) is 0 Å². The summed E-state index contributed by atoms with van der Waals surface area (Å²) < 4.78 is 4.68. The largest absolute Gasteiger partial charge is 0.464 e. The maximum atomic E-state index is 11.5. The van der Waals surface area contributed by atoms with E-state index in [2.05, 4.69) is 25.6 Å². The van der Waals surface area contributed by atoms with Crippen molar-refractivity contribution >= 4 is 17.8 Å². The molecule has 7 heteroatoms. The minimum Gasteiger partial charge on any atom is -0.464 e. The molecule has 0 atom stereocenters. The average molecular weight is 264 g/mol. The highest BCUT2D eigenvalue weighted by molar-refractivity contribution is 5.88. The van der Waals surface area contributed by atoms with Gasteiger partial charge in [-0.05, 0) is 25.0 Å². The van der Waals surface area contributed by atoms with Crippen LogP contribution in [0.25, 0.3) is 0 Å². The van der Waals surface area contributed by atoms with Gasteiger partial charge in [0.15, 0.2) is 5.82 Å². The lowest BCUT2D eigenvalue weighted by molar-refractivity contribution is -0.140. The van der Waals surface area contributed by atoms with Crippen LogP contribution >= 0.6 is 0 Å². The number of urea groups is 1. The first-order valence-corrected chi connectivity index (χ1v) is 6.17. The molecule has 2 N–H and O–H groups in total. The number of ether oxygens (including phenoxy) is 1. The van der Waals surface area contributed by atoms with Crippen molar-refractivity contribution in [3.63, 3.8) is 0 Å². The second-order valence-corrected chi connectivity index (χ2v) is 4.34. The van der Waals surface area contributed by atoms with E-state index in [-0.39, 0.29) is 19.1 Å². The maximum Gasteiger partial charge on any atom is 0.320 e. The summed E-state index contributed by atoms with van der Waals surface area (Å²) in [5.74, 6) is 0.567. The van der Waals surface area contributed by atoms with E-state index in [4.69, 9.17) is 0 Å². The van der Waals surface area contributed by atoms with E-state index in [1.807, 2.05) is 6.07 Å². The smallest absolute Gasteiger partial charge is 0.320 e. The SMILES string of the molecule is CC(=O)OCCNC(=O)Nc1ccc(C2CC2)nn1. The first-order chi connectivity index (χ1) is 9.15. The van der Waals surface area contributed by atoms with Crippen molar-refractivity contribution < 1.29 is 14.3 Å². The van der Waals surface area contributed by atoms with Gasteiger partial charge in [-0.25, -0.2) is 4.79 Å². The van der Waals surface area contributed by atoms with Gasteiger partial charge >= 0.3 is 12.0 Å². The van der Waals surface area contributed by atoms with Crippen LogP contribution in [-0.2, 0) is 9.53 Å². The molecule has 0 aromatic carbocycles. The molecular formula is C12H16N4O3. The molecule has 1 aliphatic rings. The monoisotopic (exact) mass is 264 g/mol. The Morgan fingerprint density at radius 1 is 1.37 bits per heavy atom. The highest BCUT2D eigenvalue weighted by Crippen LogP contribution is 2.38. The molecule has 0 aliphatic heterocycles. The molecule has 1 fully saturated rings.